The molecule has 0 spiro atoms. The topological polar surface area (TPSA) is 95.6 Å². The Bertz CT molecular complexity index is 852. The maximum atomic E-state index is 12.9. The summed E-state index contributed by atoms with van der Waals surface area (Å²) in [6.45, 7) is 0. The van der Waals surface area contributed by atoms with Gasteiger partial charge in [-0.05, 0) is 31.0 Å². The molecule has 1 aliphatic carbocycles. The average Bonchev–Trinajstić information content (AvgIpc) is 3.35. The van der Waals surface area contributed by atoms with Crippen molar-refractivity contribution in [1.82, 2.24) is 14.9 Å². The summed E-state index contributed by atoms with van der Waals surface area (Å²) in [7, 11) is -4.08. The average molecular weight is 404 g/mol. The van der Waals surface area contributed by atoms with Crippen LogP contribution in [-0.2, 0) is 19.6 Å². The molecule has 134 valence electrons. The minimum Gasteiger partial charge on any atom is -0.353 e. The summed E-state index contributed by atoms with van der Waals surface area (Å²) in [6, 6.07) is 2.81. The normalized spacial score (nSPS) is 20.3. The molecule has 2 aliphatic rings. The summed E-state index contributed by atoms with van der Waals surface area (Å²) < 4.78 is 26.6. The Morgan fingerprint density at radius 2 is 2.00 bits per heavy atom. The van der Waals surface area contributed by atoms with Gasteiger partial charge in [0.05, 0.1) is 21.4 Å². The Kier molecular flexibility index (Phi) is 4.95. The highest BCUT2D eigenvalue weighted by Crippen LogP contribution is 2.29. The van der Waals surface area contributed by atoms with Crippen molar-refractivity contribution in [2.24, 2.45) is 0 Å². The Morgan fingerprint density at radius 3 is 2.64 bits per heavy atom. The van der Waals surface area contributed by atoms with Crippen molar-refractivity contribution in [1.29, 1.82) is 0 Å². The van der Waals surface area contributed by atoms with Gasteiger partial charge < -0.3 is 10.6 Å². The van der Waals surface area contributed by atoms with Crippen LogP contribution in [0.25, 0.3) is 0 Å². The van der Waals surface area contributed by atoms with Gasteiger partial charge in [-0.25, -0.2) is 8.42 Å². The van der Waals surface area contributed by atoms with Crippen molar-refractivity contribution in [2.75, 3.05) is 0 Å². The number of hydrogen-bond acceptors (Lipinski definition) is 4. The first-order valence-corrected chi connectivity index (χ1v) is 9.73. The summed E-state index contributed by atoms with van der Waals surface area (Å²) in [6.07, 6.45) is 3.95. The lowest BCUT2D eigenvalue weighted by Crippen LogP contribution is -2.51. The molecule has 10 heteroatoms. The summed E-state index contributed by atoms with van der Waals surface area (Å²) in [4.78, 5) is 24.1. The molecule has 1 fully saturated rings. The lowest BCUT2D eigenvalue weighted by Gasteiger charge is -2.31. The second-order valence-electron chi connectivity index (χ2n) is 5.80. The van der Waals surface area contributed by atoms with E-state index in [4.69, 9.17) is 23.2 Å². The van der Waals surface area contributed by atoms with Crippen molar-refractivity contribution in [3.05, 3.63) is 40.6 Å². The molecule has 1 aromatic carbocycles. The summed E-state index contributed by atoms with van der Waals surface area (Å²) in [5.74, 6) is -0.940. The molecular weight excluding hydrogens is 389 g/mol. The highest BCUT2D eigenvalue weighted by Gasteiger charge is 2.37. The number of carbonyl (C=O) groups excluding carboxylic acids is 2. The second-order valence-corrected chi connectivity index (χ2v) is 8.45. The SMILES string of the molecule is O=C(C[C@@H]1C(=O)NC=CN1S(=O)(=O)c1ccc(Cl)c(Cl)c1)NC1CC1. The first-order valence-electron chi connectivity index (χ1n) is 7.54. The predicted octanol–water partition coefficient (Wildman–Crippen LogP) is 1.62. The van der Waals surface area contributed by atoms with Crippen LogP contribution >= 0.6 is 23.2 Å². The van der Waals surface area contributed by atoms with Crippen LogP contribution in [0.3, 0.4) is 0 Å². The fourth-order valence-corrected chi connectivity index (χ4v) is 4.23. The Labute approximate surface area is 155 Å². The van der Waals surface area contributed by atoms with Crippen LogP contribution in [0.15, 0.2) is 35.5 Å². The van der Waals surface area contributed by atoms with Gasteiger partial charge >= 0.3 is 0 Å². The fourth-order valence-electron chi connectivity index (χ4n) is 2.39. The molecule has 0 radical (unpaired) electrons. The minimum atomic E-state index is -4.08. The number of hydrogen-bond donors (Lipinski definition) is 2. The van der Waals surface area contributed by atoms with Crippen LogP contribution in [-0.4, -0.2) is 36.6 Å². The van der Waals surface area contributed by atoms with Gasteiger partial charge in [-0.2, -0.15) is 0 Å². The lowest BCUT2D eigenvalue weighted by atomic mass is 10.1. The molecular formula is C15H15Cl2N3O4S. The monoisotopic (exact) mass is 403 g/mol. The van der Waals surface area contributed by atoms with Gasteiger partial charge in [0.1, 0.15) is 6.04 Å². The fraction of sp³-hybridized carbons (Fsp3) is 0.333. The molecule has 7 nitrogen and oxygen atoms in total. The molecule has 25 heavy (non-hydrogen) atoms. The van der Waals surface area contributed by atoms with Crippen molar-refractivity contribution in [2.45, 2.75) is 36.2 Å². The zero-order chi connectivity index (χ0) is 18.2. The number of amides is 2. The predicted molar refractivity (Wildman–Crippen MR) is 92.3 cm³/mol. The Balaban J connectivity index is 1.88. The Morgan fingerprint density at radius 1 is 1.28 bits per heavy atom. The quantitative estimate of drug-likeness (QED) is 0.780. The molecule has 0 unspecified atom stereocenters. The molecule has 0 saturated heterocycles. The van der Waals surface area contributed by atoms with Crippen molar-refractivity contribution in [3.8, 4) is 0 Å². The van der Waals surface area contributed by atoms with E-state index in [2.05, 4.69) is 10.6 Å². The van der Waals surface area contributed by atoms with Crippen LogP contribution < -0.4 is 10.6 Å². The number of halogens is 2. The van der Waals surface area contributed by atoms with Crippen LogP contribution in [0, 0.1) is 0 Å². The zero-order valence-corrected chi connectivity index (χ0v) is 15.2. The van der Waals surface area contributed by atoms with Crippen LogP contribution in [0.2, 0.25) is 10.0 Å². The largest absolute Gasteiger partial charge is 0.353 e. The van der Waals surface area contributed by atoms with Crippen molar-refractivity contribution < 1.29 is 18.0 Å². The molecule has 1 heterocycles. The number of nitrogens with one attached hydrogen (secondary N) is 2. The third-order valence-corrected chi connectivity index (χ3v) is 6.36. The van der Waals surface area contributed by atoms with E-state index in [0.29, 0.717) is 0 Å². The molecule has 0 aromatic heterocycles. The standard InChI is InChI=1S/C15H15Cl2N3O4S/c16-11-4-3-10(7-12(11)17)25(23,24)20-6-5-18-15(22)13(20)8-14(21)19-9-1-2-9/h3-7,9,13H,1-2,8H2,(H,18,22)(H,19,21)/t13-/m1/s1. The Hall–Kier alpha value is -1.77. The number of benzene rings is 1. The van der Waals surface area contributed by atoms with E-state index in [1.807, 2.05) is 0 Å². The van der Waals surface area contributed by atoms with E-state index in [1.165, 1.54) is 30.6 Å². The maximum Gasteiger partial charge on any atom is 0.264 e. The van der Waals surface area contributed by atoms with E-state index in [-0.39, 0.29) is 33.3 Å². The van der Waals surface area contributed by atoms with E-state index >= 15 is 0 Å². The maximum absolute atomic E-state index is 12.9. The van der Waals surface area contributed by atoms with E-state index in [9.17, 15) is 18.0 Å². The molecule has 3 rings (SSSR count). The van der Waals surface area contributed by atoms with E-state index in [1.54, 1.807) is 0 Å². The highest BCUT2D eigenvalue weighted by atomic mass is 35.5. The van der Waals surface area contributed by atoms with Gasteiger partial charge in [0.25, 0.3) is 10.0 Å². The second kappa shape index (κ2) is 6.86. The number of sulfonamides is 1. The molecule has 1 aliphatic heterocycles. The minimum absolute atomic E-state index is 0.0798. The first kappa shape index (κ1) is 18.0. The summed E-state index contributed by atoms with van der Waals surface area (Å²) >= 11 is 11.7. The number of rotatable bonds is 5. The van der Waals surface area contributed by atoms with Gasteiger partial charge in [-0.15, -0.1) is 0 Å². The highest BCUT2D eigenvalue weighted by molar-refractivity contribution is 7.89. The van der Waals surface area contributed by atoms with Gasteiger partial charge in [-0.1, -0.05) is 23.2 Å². The van der Waals surface area contributed by atoms with Gasteiger partial charge in [-0.3, -0.25) is 13.9 Å². The number of carbonyl (C=O) groups is 2. The third kappa shape index (κ3) is 3.91. The van der Waals surface area contributed by atoms with Crippen molar-refractivity contribution >= 4 is 45.0 Å². The third-order valence-electron chi connectivity index (χ3n) is 3.84. The molecule has 0 bridgehead atoms. The smallest absolute Gasteiger partial charge is 0.264 e. The molecule has 1 atom stereocenters. The number of nitrogens with zero attached hydrogens (tertiary/aromatic N) is 1. The molecule has 1 aromatic rings. The zero-order valence-electron chi connectivity index (χ0n) is 12.9. The van der Waals surface area contributed by atoms with E-state index < -0.39 is 22.0 Å². The lowest BCUT2D eigenvalue weighted by molar-refractivity contribution is -0.129. The van der Waals surface area contributed by atoms with Gasteiger partial charge in [0.15, 0.2) is 0 Å². The molecule has 1 saturated carbocycles. The summed E-state index contributed by atoms with van der Waals surface area (Å²) in [5, 5.41) is 5.47. The molecule has 2 amide bonds. The van der Waals surface area contributed by atoms with Crippen LogP contribution in [0.1, 0.15) is 19.3 Å². The molecule has 2 N–H and O–H groups in total. The first-order chi connectivity index (χ1) is 11.8. The summed E-state index contributed by atoms with van der Waals surface area (Å²) in [5.41, 5.74) is 0. The van der Waals surface area contributed by atoms with Crippen LogP contribution in [0.4, 0.5) is 0 Å². The van der Waals surface area contributed by atoms with E-state index in [0.717, 1.165) is 17.1 Å². The van der Waals surface area contributed by atoms with Crippen molar-refractivity contribution in [3.63, 3.8) is 0 Å². The van der Waals surface area contributed by atoms with Crippen LogP contribution in [0.5, 0.6) is 0 Å². The van der Waals surface area contributed by atoms with Gasteiger partial charge in [0, 0.05) is 18.4 Å². The van der Waals surface area contributed by atoms with Gasteiger partial charge in [0.2, 0.25) is 11.8 Å².